The molecule has 0 saturated carbocycles. The number of rotatable bonds is 8. The molecule has 0 aliphatic rings. The van der Waals surface area contributed by atoms with Gasteiger partial charge >= 0.3 is 0 Å². The Morgan fingerprint density at radius 1 is 0.255 bits per heavy atom. The Kier molecular flexibility index (Phi) is 9.31. The first-order valence-corrected chi connectivity index (χ1v) is 15.8. The highest BCUT2D eigenvalue weighted by molar-refractivity contribution is 5.82. The fourth-order valence-electron chi connectivity index (χ4n) is 5.90. The van der Waals surface area contributed by atoms with Gasteiger partial charge in [-0.2, -0.15) is 0 Å². The average molecular weight is 609 g/mol. The molecule has 7 rings (SSSR count). The Morgan fingerprint density at radius 3 is 0.745 bits per heavy atom. The smallest absolute Gasteiger partial charge is 0.0463 e. The molecule has 0 saturated heterocycles. The SMILES string of the molecule is C.Cc1ccc(N(c2ccc(-c3ccccc3)cc2)c2ccc(N(c3ccc(C)cc3)c3ccc(-c4ccccc4)cc3)cc2)cc1. The van der Waals surface area contributed by atoms with Crippen molar-refractivity contribution in [2.75, 3.05) is 9.80 Å². The fourth-order valence-corrected chi connectivity index (χ4v) is 5.90. The van der Waals surface area contributed by atoms with E-state index in [9.17, 15) is 0 Å². The van der Waals surface area contributed by atoms with Crippen molar-refractivity contribution in [3.05, 3.63) is 193 Å². The van der Waals surface area contributed by atoms with Crippen LogP contribution in [0.5, 0.6) is 0 Å². The van der Waals surface area contributed by atoms with E-state index >= 15 is 0 Å². The Hall–Kier alpha value is -5.86. The van der Waals surface area contributed by atoms with Crippen molar-refractivity contribution >= 4 is 34.1 Å². The Balaban J connectivity index is 0.00000386. The first-order valence-electron chi connectivity index (χ1n) is 15.8. The molecule has 0 heterocycles. The summed E-state index contributed by atoms with van der Waals surface area (Å²) in [6.45, 7) is 4.26. The molecule has 0 unspecified atom stereocenters. The molecule has 0 amide bonds. The Labute approximate surface area is 279 Å². The zero-order valence-corrected chi connectivity index (χ0v) is 26.2. The number of anilines is 6. The van der Waals surface area contributed by atoms with E-state index in [2.05, 4.69) is 206 Å². The second-order valence-corrected chi connectivity index (χ2v) is 11.7. The highest BCUT2D eigenvalue weighted by Gasteiger charge is 2.16. The van der Waals surface area contributed by atoms with Gasteiger partial charge in [-0.3, -0.25) is 0 Å². The van der Waals surface area contributed by atoms with E-state index in [1.165, 1.54) is 33.4 Å². The zero-order valence-electron chi connectivity index (χ0n) is 26.2. The Bertz CT molecular complexity index is 1840. The van der Waals surface area contributed by atoms with Crippen molar-refractivity contribution in [3.63, 3.8) is 0 Å². The maximum absolute atomic E-state index is 2.32. The van der Waals surface area contributed by atoms with Gasteiger partial charge in [-0.15, -0.1) is 0 Å². The van der Waals surface area contributed by atoms with Gasteiger partial charge in [0.05, 0.1) is 0 Å². The van der Waals surface area contributed by atoms with E-state index < -0.39 is 0 Å². The molecular weight excluding hydrogens is 569 g/mol. The van der Waals surface area contributed by atoms with Crippen LogP contribution in [0.1, 0.15) is 18.6 Å². The molecule has 2 heteroatoms. The quantitative estimate of drug-likeness (QED) is 0.169. The van der Waals surface area contributed by atoms with Gasteiger partial charge in [0, 0.05) is 34.1 Å². The number of hydrogen-bond donors (Lipinski definition) is 0. The lowest BCUT2D eigenvalue weighted by atomic mass is 10.0. The van der Waals surface area contributed by atoms with Gasteiger partial charge in [0.25, 0.3) is 0 Å². The van der Waals surface area contributed by atoms with Crippen LogP contribution < -0.4 is 9.80 Å². The molecule has 230 valence electrons. The monoisotopic (exact) mass is 608 g/mol. The van der Waals surface area contributed by atoms with Gasteiger partial charge in [-0.1, -0.05) is 128 Å². The summed E-state index contributed by atoms with van der Waals surface area (Å²) in [6, 6.07) is 65.1. The van der Waals surface area contributed by atoms with E-state index in [-0.39, 0.29) is 7.43 Å². The van der Waals surface area contributed by atoms with Crippen molar-refractivity contribution < 1.29 is 0 Å². The highest BCUT2D eigenvalue weighted by atomic mass is 15.2. The van der Waals surface area contributed by atoms with Gasteiger partial charge in [-0.05, 0) is 109 Å². The molecule has 0 fully saturated rings. The second kappa shape index (κ2) is 14.1. The molecule has 7 aromatic rings. The summed E-state index contributed by atoms with van der Waals surface area (Å²) >= 11 is 0. The van der Waals surface area contributed by atoms with E-state index in [4.69, 9.17) is 0 Å². The summed E-state index contributed by atoms with van der Waals surface area (Å²) in [7, 11) is 0. The Morgan fingerprint density at radius 2 is 0.468 bits per heavy atom. The lowest BCUT2D eigenvalue weighted by molar-refractivity contribution is 1.25. The summed E-state index contributed by atoms with van der Waals surface area (Å²) in [5, 5.41) is 0. The third-order valence-corrected chi connectivity index (χ3v) is 8.42. The second-order valence-electron chi connectivity index (χ2n) is 11.7. The molecule has 0 spiro atoms. The van der Waals surface area contributed by atoms with Gasteiger partial charge < -0.3 is 9.80 Å². The summed E-state index contributed by atoms with van der Waals surface area (Å²) in [5.74, 6) is 0. The van der Waals surface area contributed by atoms with Crippen LogP contribution in [0, 0.1) is 13.8 Å². The molecule has 0 aliphatic carbocycles. The van der Waals surface area contributed by atoms with Crippen molar-refractivity contribution in [3.8, 4) is 22.3 Å². The molecule has 0 atom stereocenters. The molecule has 7 aromatic carbocycles. The maximum Gasteiger partial charge on any atom is 0.0463 e. The first kappa shape index (κ1) is 31.1. The predicted octanol–water partition coefficient (Wildman–Crippen LogP) is 13.2. The van der Waals surface area contributed by atoms with Crippen LogP contribution in [0.25, 0.3) is 22.3 Å². The fraction of sp³-hybridized carbons (Fsp3) is 0.0667. The third-order valence-electron chi connectivity index (χ3n) is 8.42. The maximum atomic E-state index is 2.32. The molecule has 0 radical (unpaired) electrons. The average Bonchev–Trinajstić information content (AvgIpc) is 3.12. The van der Waals surface area contributed by atoms with Crippen LogP contribution in [-0.4, -0.2) is 0 Å². The molecule has 0 bridgehead atoms. The van der Waals surface area contributed by atoms with Crippen molar-refractivity contribution in [1.29, 1.82) is 0 Å². The number of hydrogen-bond acceptors (Lipinski definition) is 2. The van der Waals surface area contributed by atoms with Crippen molar-refractivity contribution in [1.82, 2.24) is 0 Å². The van der Waals surface area contributed by atoms with Crippen molar-refractivity contribution in [2.45, 2.75) is 21.3 Å². The summed E-state index contributed by atoms with van der Waals surface area (Å²) in [5.41, 5.74) is 14.0. The van der Waals surface area contributed by atoms with Gasteiger partial charge in [0.1, 0.15) is 0 Å². The highest BCUT2D eigenvalue weighted by Crippen LogP contribution is 2.40. The molecule has 2 nitrogen and oxygen atoms in total. The van der Waals surface area contributed by atoms with Crippen LogP contribution in [0.15, 0.2) is 182 Å². The van der Waals surface area contributed by atoms with Crippen LogP contribution in [0.2, 0.25) is 0 Å². The van der Waals surface area contributed by atoms with E-state index in [0.717, 1.165) is 34.1 Å². The molecular formula is C45H40N2. The molecule has 0 N–H and O–H groups in total. The first-order chi connectivity index (χ1) is 22.6. The van der Waals surface area contributed by atoms with E-state index in [1.54, 1.807) is 0 Å². The summed E-state index contributed by atoms with van der Waals surface area (Å²) in [4.78, 5) is 4.64. The van der Waals surface area contributed by atoms with E-state index in [0.29, 0.717) is 0 Å². The minimum absolute atomic E-state index is 0. The lowest BCUT2D eigenvalue weighted by Crippen LogP contribution is -2.12. The minimum Gasteiger partial charge on any atom is -0.311 e. The van der Waals surface area contributed by atoms with Crippen LogP contribution in [-0.2, 0) is 0 Å². The topological polar surface area (TPSA) is 6.48 Å². The van der Waals surface area contributed by atoms with E-state index in [1.807, 2.05) is 0 Å². The van der Waals surface area contributed by atoms with Crippen LogP contribution >= 0.6 is 0 Å². The van der Waals surface area contributed by atoms with Crippen LogP contribution in [0.3, 0.4) is 0 Å². The molecule has 0 aromatic heterocycles. The number of aryl methyl sites for hydroxylation is 2. The number of benzene rings is 7. The predicted molar refractivity (Wildman–Crippen MR) is 203 cm³/mol. The van der Waals surface area contributed by atoms with Crippen molar-refractivity contribution in [2.24, 2.45) is 0 Å². The molecule has 47 heavy (non-hydrogen) atoms. The van der Waals surface area contributed by atoms with Gasteiger partial charge in [0.2, 0.25) is 0 Å². The summed E-state index contributed by atoms with van der Waals surface area (Å²) < 4.78 is 0. The lowest BCUT2D eigenvalue weighted by Gasteiger charge is -2.28. The largest absolute Gasteiger partial charge is 0.311 e. The zero-order chi connectivity index (χ0) is 31.3. The van der Waals surface area contributed by atoms with Gasteiger partial charge in [-0.25, -0.2) is 0 Å². The van der Waals surface area contributed by atoms with Gasteiger partial charge in [0.15, 0.2) is 0 Å². The summed E-state index contributed by atoms with van der Waals surface area (Å²) in [6.07, 6.45) is 0. The third kappa shape index (κ3) is 6.88. The molecule has 0 aliphatic heterocycles. The standard InChI is InChI=1S/C44H36N2.CH4/c1-33-13-21-39(22-14-33)45(41-25-17-37(18-26-41)35-9-5-3-6-10-35)43-29-31-44(32-30-43)46(40-23-15-34(2)16-24-40)42-27-19-38(20-28-42)36-11-7-4-8-12-36;/h3-32H,1-2H3;1H4. The number of nitrogens with zero attached hydrogens (tertiary/aromatic N) is 2. The minimum atomic E-state index is 0. The normalized spacial score (nSPS) is 10.6. The van der Waals surface area contributed by atoms with Crippen LogP contribution in [0.4, 0.5) is 34.1 Å².